The van der Waals surface area contributed by atoms with E-state index in [2.05, 4.69) is 5.32 Å². The fraction of sp³-hybridized carbons (Fsp3) is 1.00. The van der Waals surface area contributed by atoms with E-state index in [9.17, 15) is 15.3 Å². The zero-order chi connectivity index (χ0) is 10.0. The minimum atomic E-state index is -1.34. The predicted octanol–water partition coefficient (Wildman–Crippen LogP) is -3.61. The largest absolute Gasteiger partial charge is 0.395 e. The zero-order valence-electron chi connectivity index (χ0n) is 7.04. The number of aliphatic hydroxyl groups excluding tert-OH is 5. The van der Waals surface area contributed by atoms with Crippen LogP contribution in [0.15, 0.2) is 0 Å². The molecule has 0 aromatic carbocycles. The number of piperidine rings is 1. The minimum absolute atomic E-state index is 0.360. The standard InChI is InChI=1S/C7H15NO5/c9-1-3-5(11)7(13)6(12)4(2-10)8-3/h3-13H,1-2H2/t3-,4?,5?,6+,7+/m1/s1. The van der Waals surface area contributed by atoms with Crippen molar-refractivity contribution < 1.29 is 25.5 Å². The lowest BCUT2D eigenvalue weighted by atomic mass is 9.91. The molecule has 6 nitrogen and oxygen atoms in total. The highest BCUT2D eigenvalue weighted by Gasteiger charge is 2.41. The highest BCUT2D eigenvalue weighted by atomic mass is 16.4. The van der Waals surface area contributed by atoms with Gasteiger partial charge in [-0.05, 0) is 0 Å². The molecule has 0 spiro atoms. The summed E-state index contributed by atoms with van der Waals surface area (Å²) in [4.78, 5) is 0. The maximum Gasteiger partial charge on any atom is 0.109 e. The van der Waals surface area contributed by atoms with Gasteiger partial charge in [0.2, 0.25) is 0 Å². The van der Waals surface area contributed by atoms with Crippen LogP contribution in [-0.2, 0) is 0 Å². The molecule has 1 heterocycles. The molecular formula is C7H15NO5. The van der Waals surface area contributed by atoms with Gasteiger partial charge in [-0.1, -0.05) is 0 Å². The van der Waals surface area contributed by atoms with Crippen molar-refractivity contribution in [3.05, 3.63) is 0 Å². The molecule has 0 aliphatic carbocycles. The van der Waals surface area contributed by atoms with Gasteiger partial charge in [0.05, 0.1) is 37.5 Å². The van der Waals surface area contributed by atoms with Crippen LogP contribution in [0.2, 0.25) is 0 Å². The van der Waals surface area contributed by atoms with Crippen molar-refractivity contribution >= 4 is 0 Å². The fourth-order valence-corrected chi connectivity index (χ4v) is 1.47. The SMILES string of the molecule is OCC1N[C@H](CO)C(O)[C@H](O)[C@H]1O. The molecule has 78 valence electrons. The van der Waals surface area contributed by atoms with E-state index in [0.29, 0.717) is 0 Å². The third-order valence-corrected chi connectivity index (χ3v) is 2.35. The van der Waals surface area contributed by atoms with Crippen molar-refractivity contribution in [3.63, 3.8) is 0 Å². The molecule has 5 atom stereocenters. The predicted molar refractivity (Wildman–Crippen MR) is 42.9 cm³/mol. The summed E-state index contributed by atoms with van der Waals surface area (Å²) in [6.45, 7) is -0.719. The van der Waals surface area contributed by atoms with E-state index < -0.39 is 30.4 Å². The van der Waals surface area contributed by atoms with E-state index in [1.54, 1.807) is 0 Å². The van der Waals surface area contributed by atoms with Gasteiger partial charge in [-0.25, -0.2) is 0 Å². The van der Waals surface area contributed by atoms with Crippen LogP contribution in [-0.4, -0.2) is 69.1 Å². The average molecular weight is 193 g/mol. The van der Waals surface area contributed by atoms with Gasteiger partial charge in [0.1, 0.15) is 6.10 Å². The second kappa shape index (κ2) is 4.32. The molecule has 1 aliphatic heterocycles. The molecule has 1 fully saturated rings. The average Bonchev–Trinajstić information content (AvgIpc) is 2.15. The molecule has 0 amide bonds. The van der Waals surface area contributed by atoms with Gasteiger partial charge in [0, 0.05) is 0 Å². The van der Waals surface area contributed by atoms with Gasteiger partial charge in [-0.3, -0.25) is 0 Å². The first kappa shape index (κ1) is 10.8. The Kier molecular flexibility index (Phi) is 3.60. The van der Waals surface area contributed by atoms with Crippen LogP contribution in [0.5, 0.6) is 0 Å². The molecule has 6 N–H and O–H groups in total. The van der Waals surface area contributed by atoms with E-state index in [1.165, 1.54) is 0 Å². The highest BCUT2D eigenvalue weighted by molar-refractivity contribution is 4.97. The fourth-order valence-electron chi connectivity index (χ4n) is 1.47. The Balaban J connectivity index is 2.66. The Labute approximate surface area is 75.4 Å². The highest BCUT2D eigenvalue weighted by Crippen LogP contribution is 2.14. The van der Waals surface area contributed by atoms with Crippen molar-refractivity contribution in [2.45, 2.75) is 30.4 Å². The monoisotopic (exact) mass is 193 g/mol. The summed E-state index contributed by atoms with van der Waals surface area (Å²) in [6, 6.07) is -1.42. The van der Waals surface area contributed by atoms with Crippen LogP contribution in [0, 0.1) is 0 Å². The Morgan fingerprint density at radius 3 is 1.46 bits per heavy atom. The molecular weight excluding hydrogens is 178 g/mol. The molecule has 1 rings (SSSR count). The Morgan fingerprint density at radius 1 is 0.769 bits per heavy atom. The molecule has 0 saturated carbocycles. The lowest BCUT2D eigenvalue weighted by molar-refractivity contribution is -0.125. The number of hydrogen-bond donors (Lipinski definition) is 6. The quantitative estimate of drug-likeness (QED) is 0.270. The third kappa shape index (κ3) is 1.98. The number of nitrogens with one attached hydrogen (secondary N) is 1. The molecule has 2 unspecified atom stereocenters. The summed E-state index contributed by atoms with van der Waals surface area (Å²) >= 11 is 0. The normalized spacial score (nSPS) is 46.4. The molecule has 13 heavy (non-hydrogen) atoms. The van der Waals surface area contributed by atoms with E-state index in [4.69, 9.17) is 10.2 Å². The Bertz CT molecular complexity index is 147. The maximum atomic E-state index is 9.31. The molecule has 0 aromatic rings. The summed E-state index contributed by atoms with van der Waals surface area (Å²) < 4.78 is 0. The van der Waals surface area contributed by atoms with Gasteiger partial charge in [0.25, 0.3) is 0 Å². The van der Waals surface area contributed by atoms with Gasteiger partial charge in [0.15, 0.2) is 0 Å². The van der Waals surface area contributed by atoms with Gasteiger partial charge in [-0.2, -0.15) is 0 Å². The van der Waals surface area contributed by atoms with Crippen molar-refractivity contribution in [3.8, 4) is 0 Å². The van der Waals surface area contributed by atoms with Crippen molar-refractivity contribution in [2.24, 2.45) is 0 Å². The van der Waals surface area contributed by atoms with E-state index in [1.807, 2.05) is 0 Å². The summed E-state index contributed by atoms with van der Waals surface area (Å²) in [5.41, 5.74) is 0. The molecule has 6 heteroatoms. The minimum Gasteiger partial charge on any atom is -0.395 e. The molecule has 0 aromatic heterocycles. The van der Waals surface area contributed by atoms with E-state index in [-0.39, 0.29) is 13.2 Å². The summed E-state index contributed by atoms with van der Waals surface area (Å²) in [5, 5.41) is 48.1. The first-order valence-corrected chi connectivity index (χ1v) is 4.13. The van der Waals surface area contributed by atoms with Crippen LogP contribution in [0.1, 0.15) is 0 Å². The summed E-state index contributed by atoms with van der Waals surface area (Å²) in [7, 11) is 0. The van der Waals surface area contributed by atoms with Gasteiger partial charge in [-0.15, -0.1) is 0 Å². The van der Waals surface area contributed by atoms with Crippen molar-refractivity contribution in [1.29, 1.82) is 0 Å². The first-order chi connectivity index (χ1) is 6.11. The molecule has 0 bridgehead atoms. The maximum absolute atomic E-state index is 9.31. The Morgan fingerprint density at radius 2 is 1.15 bits per heavy atom. The second-order valence-electron chi connectivity index (χ2n) is 3.22. The first-order valence-electron chi connectivity index (χ1n) is 4.13. The summed E-state index contributed by atoms with van der Waals surface area (Å²) in [6.07, 6.45) is -3.78. The smallest absolute Gasteiger partial charge is 0.109 e. The third-order valence-electron chi connectivity index (χ3n) is 2.35. The molecule has 0 radical (unpaired) electrons. The van der Waals surface area contributed by atoms with Crippen LogP contribution in [0.25, 0.3) is 0 Å². The summed E-state index contributed by atoms with van der Waals surface area (Å²) in [5.74, 6) is 0. The van der Waals surface area contributed by atoms with Crippen molar-refractivity contribution in [1.82, 2.24) is 5.32 Å². The topological polar surface area (TPSA) is 113 Å². The van der Waals surface area contributed by atoms with Crippen LogP contribution in [0.4, 0.5) is 0 Å². The van der Waals surface area contributed by atoms with Gasteiger partial charge < -0.3 is 30.8 Å². The van der Waals surface area contributed by atoms with Crippen molar-refractivity contribution in [2.75, 3.05) is 13.2 Å². The Hall–Kier alpha value is -0.240. The molecule has 1 saturated heterocycles. The van der Waals surface area contributed by atoms with E-state index >= 15 is 0 Å². The van der Waals surface area contributed by atoms with Gasteiger partial charge >= 0.3 is 0 Å². The van der Waals surface area contributed by atoms with E-state index in [0.717, 1.165) is 0 Å². The number of rotatable bonds is 2. The second-order valence-corrected chi connectivity index (χ2v) is 3.22. The zero-order valence-corrected chi connectivity index (χ0v) is 7.04. The van der Waals surface area contributed by atoms with Crippen LogP contribution >= 0.6 is 0 Å². The van der Waals surface area contributed by atoms with Crippen LogP contribution < -0.4 is 5.32 Å². The number of hydrogen-bond acceptors (Lipinski definition) is 6. The van der Waals surface area contributed by atoms with Crippen LogP contribution in [0.3, 0.4) is 0 Å². The number of aliphatic hydroxyl groups is 5. The lowest BCUT2D eigenvalue weighted by Crippen LogP contribution is -2.66. The molecule has 1 aliphatic rings. The lowest BCUT2D eigenvalue weighted by Gasteiger charge is -2.40.